The van der Waals surface area contributed by atoms with E-state index < -0.39 is 0 Å². The summed E-state index contributed by atoms with van der Waals surface area (Å²) in [6, 6.07) is 22.9. The van der Waals surface area contributed by atoms with Gasteiger partial charge in [-0.2, -0.15) is 0 Å². The van der Waals surface area contributed by atoms with Crippen molar-refractivity contribution in [1.82, 2.24) is 4.98 Å². The van der Waals surface area contributed by atoms with Crippen molar-refractivity contribution in [3.63, 3.8) is 0 Å². The second kappa shape index (κ2) is 4.39. The minimum absolute atomic E-state index is 0.769. The Labute approximate surface area is 121 Å². The molecule has 0 unspecified atom stereocenters. The Kier molecular flexibility index (Phi) is 2.54. The van der Waals surface area contributed by atoms with Crippen LogP contribution in [-0.4, -0.2) is 4.98 Å². The molecule has 0 atom stereocenters. The van der Waals surface area contributed by atoms with Gasteiger partial charge >= 0.3 is 0 Å². The first-order valence-electron chi connectivity index (χ1n) is 6.58. The largest absolute Gasteiger partial charge is 0.354 e. The van der Waals surface area contributed by atoms with Crippen LogP contribution in [-0.2, 0) is 0 Å². The first-order valence-corrected chi connectivity index (χ1v) is 6.95. The monoisotopic (exact) mass is 277 g/mol. The van der Waals surface area contributed by atoms with E-state index in [0.717, 1.165) is 16.1 Å². The van der Waals surface area contributed by atoms with E-state index in [0.29, 0.717) is 0 Å². The van der Waals surface area contributed by atoms with Crippen molar-refractivity contribution in [1.29, 1.82) is 0 Å². The molecule has 2 heteroatoms. The van der Waals surface area contributed by atoms with Crippen molar-refractivity contribution < 1.29 is 0 Å². The highest BCUT2D eigenvalue weighted by atomic mass is 35.5. The lowest BCUT2D eigenvalue weighted by atomic mass is 10.0. The number of fused-ring (bicyclic) bond motifs is 3. The van der Waals surface area contributed by atoms with Crippen LogP contribution in [0.15, 0.2) is 66.7 Å². The lowest BCUT2D eigenvalue weighted by Gasteiger charge is -2.01. The van der Waals surface area contributed by atoms with Crippen molar-refractivity contribution in [2.24, 2.45) is 0 Å². The highest BCUT2D eigenvalue weighted by molar-refractivity contribution is 6.31. The standard InChI is InChI=1S/C18H12ClN/c19-14-7-9-17-16(11-14)15-8-6-13(10-18(15)20-17)12-4-2-1-3-5-12/h1-11,20H. The van der Waals surface area contributed by atoms with Crippen LogP contribution in [0.5, 0.6) is 0 Å². The number of aromatic nitrogens is 1. The fourth-order valence-electron chi connectivity index (χ4n) is 2.69. The van der Waals surface area contributed by atoms with Crippen molar-refractivity contribution in [3.05, 3.63) is 71.8 Å². The third-order valence-corrected chi connectivity index (χ3v) is 3.90. The molecule has 0 aliphatic heterocycles. The maximum absolute atomic E-state index is 6.09. The fraction of sp³-hybridized carbons (Fsp3) is 0. The van der Waals surface area contributed by atoms with Crippen molar-refractivity contribution >= 4 is 33.4 Å². The van der Waals surface area contributed by atoms with E-state index in [1.807, 2.05) is 24.3 Å². The Hall–Kier alpha value is -2.25. The minimum atomic E-state index is 0.769. The summed E-state index contributed by atoms with van der Waals surface area (Å²) in [5, 5.41) is 3.15. The first kappa shape index (κ1) is 11.6. The van der Waals surface area contributed by atoms with E-state index in [4.69, 9.17) is 11.6 Å². The van der Waals surface area contributed by atoms with E-state index in [1.54, 1.807) is 0 Å². The third-order valence-electron chi connectivity index (χ3n) is 3.67. The summed E-state index contributed by atoms with van der Waals surface area (Å²) >= 11 is 6.09. The van der Waals surface area contributed by atoms with E-state index in [9.17, 15) is 0 Å². The quantitative estimate of drug-likeness (QED) is 0.463. The maximum atomic E-state index is 6.09. The number of rotatable bonds is 1. The second-order valence-electron chi connectivity index (χ2n) is 4.94. The summed E-state index contributed by atoms with van der Waals surface area (Å²) in [4.78, 5) is 3.46. The molecule has 96 valence electrons. The molecule has 0 bridgehead atoms. The first-order chi connectivity index (χ1) is 9.81. The van der Waals surface area contributed by atoms with Gasteiger partial charge in [0.05, 0.1) is 0 Å². The van der Waals surface area contributed by atoms with Crippen LogP contribution in [0.4, 0.5) is 0 Å². The number of nitrogens with one attached hydrogen (secondary N) is 1. The van der Waals surface area contributed by atoms with Crippen molar-refractivity contribution in [2.75, 3.05) is 0 Å². The Balaban J connectivity index is 1.98. The molecule has 1 nitrogen and oxygen atoms in total. The molecule has 0 radical (unpaired) electrons. The predicted octanol–water partition coefficient (Wildman–Crippen LogP) is 5.64. The van der Waals surface area contributed by atoms with Gasteiger partial charge in [-0.3, -0.25) is 0 Å². The van der Waals surface area contributed by atoms with Gasteiger partial charge in [-0.15, -0.1) is 0 Å². The molecule has 0 saturated heterocycles. The maximum Gasteiger partial charge on any atom is 0.0471 e. The Morgan fingerprint density at radius 1 is 0.650 bits per heavy atom. The van der Waals surface area contributed by atoms with Gasteiger partial charge in [-0.1, -0.05) is 54.1 Å². The van der Waals surface area contributed by atoms with Crippen LogP contribution in [0, 0.1) is 0 Å². The molecule has 0 fully saturated rings. The molecule has 4 rings (SSSR count). The molecule has 1 N–H and O–H groups in total. The van der Waals surface area contributed by atoms with E-state index in [2.05, 4.69) is 47.4 Å². The summed E-state index contributed by atoms with van der Waals surface area (Å²) in [5.74, 6) is 0. The number of benzene rings is 3. The summed E-state index contributed by atoms with van der Waals surface area (Å²) in [6.07, 6.45) is 0. The number of hydrogen-bond acceptors (Lipinski definition) is 0. The average molecular weight is 278 g/mol. The van der Waals surface area contributed by atoms with Crippen molar-refractivity contribution in [3.8, 4) is 11.1 Å². The SMILES string of the molecule is Clc1ccc2[nH]c3cc(-c4ccccc4)ccc3c2c1. The summed E-state index contributed by atoms with van der Waals surface area (Å²) in [7, 11) is 0. The summed E-state index contributed by atoms with van der Waals surface area (Å²) in [6.45, 7) is 0. The molecule has 0 aliphatic rings. The molecular weight excluding hydrogens is 266 g/mol. The van der Waals surface area contributed by atoms with Crippen LogP contribution in [0.3, 0.4) is 0 Å². The third kappa shape index (κ3) is 1.79. The van der Waals surface area contributed by atoms with Crippen LogP contribution in [0.1, 0.15) is 0 Å². The van der Waals surface area contributed by atoms with Gasteiger partial charge in [0.1, 0.15) is 0 Å². The van der Waals surface area contributed by atoms with Crippen LogP contribution < -0.4 is 0 Å². The Bertz CT molecular complexity index is 907. The van der Waals surface area contributed by atoms with Gasteiger partial charge in [0.2, 0.25) is 0 Å². The Morgan fingerprint density at radius 3 is 2.35 bits per heavy atom. The molecule has 0 saturated carbocycles. The molecule has 20 heavy (non-hydrogen) atoms. The van der Waals surface area contributed by atoms with Gasteiger partial charge in [-0.05, 0) is 35.4 Å². The summed E-state index contributed by atoms with van der Waals surface area (Å²) < 4.78 is 0. The van der Waals surface area contributed by atoms with Gasteiger partial charge in [0, 0.05) is 26.8 Å². The topological polar surface area (TPSA) is 15.8 Å². The van der Waals surface area contributed by atoms with Crippen molar-refractivity contribution in [2.45, 2.75) is 0 Å². The average Bonchev–Trinajstić information content (AvgIpc) is 2.85. The predicted molar refractivity (Wildman–Crippen MR) is 86.3 cm³/mol. The highest BCUT2D eigenvalue weighted by Crippen LogP contribution is 2.31. The molecular formula is C18H12ClN. The molecule has 0 spiro atoms. The molecule has 4 aromatic rings. The van der Waals surface area contributed by atoms with E-state index in [1.165, 1.54) is 21.9 Å². The van der Waals surface area contributed by atoms with Gasteiger partial charge < -0.3 is 4.98 Å². The molecule has 0 amide bonds. The Morgan fingerprint density at radius 2 is 1.50 bits per heavy atom. The molecule has 1 heterocycles. The smallest absolute Gasteiger partial charge is 0.0471 e. The second-order valence-corrected chi connectivity index (χ2v) is 5.38. The summed E-state index contributed by atoms with van der Waals surface area (Å²) in [5.41, 5.74) is 4.71. The number of halogens is 1. The number of H-pyrrole nitrogens is 1. The van der Waals surface area contributed by atoms with Crippen LogP contribution in [0.2, 0.25) is 5.02 Å². The molecule has 1 aromatic heterocycles. The van der Waals surface area contributed by atoms with Gasteiger partial charge in [0.15, 0.2) is 0 Å². The van der Waals surface area contributed by atoms with E-state index in [-0.39, 0.29) is 0 Å². The number of hydrogen-bond donors (Lipinski definition) is 1. The zero-order valence-electron chi connectivity index (χ0n) is 10.7. The lowest BCUT2D eigenvalue weighted by Crippen LogP contribution is -1.77. The zero-order valence-corrected chi connectivity index (χ0v) is 11.5. The molecule has 3 aromatic carbocycles. The van der Waals surface area contributed by atoms with Crippen LogP contribution >= 0.6 is 11.6 Å². The van der Waals surface area contributed by atoms with Crippen LogP contribution in [0.25, 0.3) is 32.9 Å². The van der Waals surface area contributed by atoms with Gasteiger partial charge in [-0.25, -0.2) is 0 Å². The molecule has 0 aliphatic carbocycles. The lowest BCUT2D eigenvalue weighted by molar-refractivity contribution is 1.54. The normalized spacial score (nSPS) is 11.2. The minimum Gasteiger partial charge on any atom is -0.354 e. The fourth-order valence-corrected chi connectivity index (χ4v) is 2.86. The zero-order chi connectivity index (χ0) is 13.5. The number of aromatic amines is 1. The van der Waals surface area contributed by atoms with Gasteiger partial charge in [0.25, 0.3) is 0 Å². The highest BCUT2D eigenvalue weighted by Gasteiger charge is 2.06. The van der Waals surface area contributed by atoms with E-state index >= 15 is 0 Å².